The Bertz CT molecular complexity index is 666. The topological polar surface area (TPSA) is 94.3 Å². The van der Waals surface area contributed by atoms with Crippen molar-refractivity contribution >= 4 is 5.97 Å². The summed E-state index contributed by atoms with van der Waals surface area (Å²) in [6, 6.07) is 7.43. The Hall–Kier alpha value is -2.70. The minimum absolute atomic E-state index is 0.0805. The van der Waals surface area contributed by atoms with E-state index in [0.717, 1.165) is 10.7 Å². The fourth-order valence-electron chi connectivity index (χ4n) is 1.49. The molecular weight excluding hydrogens is 250 g/mol. The van der Waals surface area contributed by atoms with Crippen LogP contribution in [0.2, 0.25) is 0 Å². The van der Waals surface area contributed by atoms with Crippen molar-refractivity contribution in [2.75, 3.05) is 7.11 Å². The van der Waals surface area contributed by atoms with Gasteiger partial charge in [0.25, 0.3) is 5.56 Å². The highest BCUT2D eigenvalue weighted by molar-refractivity contribution is 5.84. The monoisotopic (exact) mass is 261 g/mol. The van der Waals surface area contributed by atoms with Crippen LogP contribution in [0.5, 0.6) is 5.88 Å². The molecule has 0 radical (unpaired) electrons. The average Bonchev–Trinajstić information content (AvgIpc) is 2.41. The number of hydrogen-bond donors (Lipinski definition) is 1. The van der Waals surface area contributed by atoms with Gasteiger partial charge in [-0.05, 0) is 12.1 Å². The zero-order chi connectivity index (χ0) is 13.8. The molecule has 98 valence electrons. The quantitative estimate of drug-likeness (QED) is 0.855. The van der Waals surface area contributed by atoms with Gasteiger partial charge in [-0.3, -0.25) is 4.79 Å². The number of hydrogen-bond acceptors (Lipinski definition) is 5. The summed E-state index contributed by atoms with van der Waals surface area (Å²) < 4.78 is 6.02. The molecule has 2 aromatic rings. The first-order chi connectivity index (χ1) is 9.10. The van der Waals surface area contributed by atoms with Gasteiger partial charge < -0.3 is 9.84 Å². The van der Waals surface area contributed by atoms with E-state index in [0.29, 0.717) is 11.6 Å². The van der Waals surface area contributed by atoms with E-state index in [4.69, 9.17) is 9.84 Å². The van der Waals surface area contributed by atoms with Gasteiger partial charge in [-0.25, -0.2) is 14.5 Å². The van der Waals surface area contributed by atoms with Gasteiger partial charge in [-0.2, -0.15) is 5.10 Å². The first kappa shape index (κ1) is 12.7. The third kappa shape index (κ3) is 2.95. The Morgan fingerprint density at radius 3 is 2.84 bits per heavy atom. The number of aromatic nitrogens is 3. The van der Waals surface area contributed by atoms with Crippen molar-refractivity contribution in [3.8, 4) is 5.88 Å². The minimum Gasteiger partial charge on any atom is -0.481 e. The van der Waals surface area contributed by atoms with Crippen LogP contribution in [0.1, 0.15) is 16.2 Å². The van der Waals surface area contributed by atoms with E-state index in [1.807, 2.05) is 0 Å². The summed E-state index contributed by atoms with van der Waals surface area (Å²) >= 11 is 0. The van der Waals surface area contributed by atoms with Crippen LogP contribution in [-0.4, -0.2) is 33.0 Å². The SMILES string of the molecule is COc1cccc(Cn2nc(C(=O)O)ccc2=O)n1. The van der Waals surface area contributed by atoms with Gasteiger partial charge in [0.05, 0.1) is 19.3 Å². The first-order valence-electron chi connectivity index (χ1n) is 5.41. The van der Waals surface area contributed by atoms with Crippen LogP contribution >= 0.6 is 0 Å². The molecule has 0 aromatic carbocycles. The van der Waals surface area contributed by atoms with Gasteiger partial charge in [0.1, 0.15) is 0 Å². The summed E-state index contributed by atoms with van der Waals surface area (Å²) in [6.45, 7) is 0.0805. The van der Waals surface area contributed by atoms with E-state index in [1.54, 1.807) is 18.2 Å². The second kappa shape index (κ2) is 5.30. The maximum atomic E-state index is 11.6. The molecule has 7 nitrogen and oxygen atoms in total. The van der Waals surface area contributed by atoms with E-state index in [1.165, 1.54) is 13.2 Å². The van der Waals surface area contributed by atoms with Crippen LogP contribution in [0.3, 0.4) is 0 Å². The van der Waals surface area contributed by atoms with Crippen molar-refractivity contribution < 1.29 is 14.6 Å². The summed E-state index contributed by atoms with van der Waals surface area (Å²) in [4.78, 5) is 26.5. The molecule has 0 saturated heterocycles. The molecule has 0 bridgehead atoms. The fourth-order valence-corrected chi connectivity index (χ4v) is 1.49. The average molecular weight is 261 g/mol. The van der Waals surface area contributed by atoms with Crippen LogP contribution in [-0.2, 0) is 6.54 Å². The summed E-state index contributed by atoms with van der Waals surface area (Å²) in [5, 5.41) is 12.6. The van der Waals surface area contributed by atoms with Crippen molar-refractivity contribution in [1.29, 1.82) is 0 Å². The molecule has 2 rings (SSSR count). The van der Waals surface area contributed by atoms with Crippen molar-refractivity contribution in [1.82, 2.24) is 14.8 Å². The van der Waals surface area contributed by atoms with Gasteiger partial charge in [0, 0.05) is 12.1 Å². The molecule has 7 heteroatoms. The van der Waals surface area contributed by atoms with Gasteiger partial charge in [-0.1, -0.05) is 6.07 Å². The van der Waals surface area contributed by atoms with E-state index >= 15 is 0 Å². The molecule has 0 fully saturated rings. The van der Waals surface area contributed by atoms with E-state index in [-0.39, 0.29) is 12.2 Å². The largest absolute Gasteiger partial charge is 0.481 e. The van der Waals surface area contributed by atoms with Crippen LogP contribution < -0.4 is 10.3 Å². The molecule has 0 saturated carbocycles. The van der Waals surface area contributed by atoms with Gasteiger partial charge in [0.2, 0.25) is 5.88 Å². The standard InChI is InChI=1S/C12H11N3O4/c1-19-10-4-2-3-8(13-10)7-15-11(16)6-5-9(14-15)12(17)18/h2-6H,7H2,1H3,(H,17,18). The van der Waals surface area contributed by atoms with E-state index in [9.17, 15) is 9.59 Å². The Balaban J connectivity index is 2.34. The number of methoxy groups -OCH3 is 1. The van der Waals surface area contributed by atoms with Crippen molar-refractivity contribution in [2.24, 2.45) is 0 Å². The van der Waals surface area contributed by atoms with Gasteiger partial charge >= 0.3 is 5.97 Å². The van der Waals surface area contributed by atoms with Crippen molar-refractivity contribution in [2.45, 2.75) is 6.54 Å². The third-order valence-electron chi connectivity index (χ3n) is 2.39. The number of pyridine rings is 1. The fraction of sp³-hybridized carbons (Fsp3) is 0.167. The third-order valence-corrected chi connectivity index (χ3v) is 2.39. The van der Waals surface area contributed by atoms with Crippen LogP contribution in [0, 0.1) is 0 Å². The number of rotatable bonds is 4. The molecule has 0 amide bonds. The highest BCUT2D eigenvalue weighted by atomic mass is 16.5. The Labute approximate surface area is 108 Å². The number of carboxylic acid groups (broad SMARTS) is 1. The highest BCUT2D eigenvalue weighted by Gasteiger charge is 2.08. The lowest BCUT2D eigenvalue weighted by Gasteiger charge is -2.06. The van der Waals surface area contributed by atoms with Crippen LogP contribution in [0.25, 0.3) is 0 Å². The summed E-state index contributed by atoms with van der Waals surface area (Å²) in [6.07, 6.45) is 0. The maximum Gasteiger partial charge on any atom is 0.356 e. The summed E-state index contributed by atoms with van der Waals surface area (Å²) in [5.41, 5.74) is -0.0337. The molecular formula is C12H11N3O4. The smallest absolute Gasteiger partial charge is 0.356 e. The van der Waals surface area contributed by atoms with Crippen LogP contribution in [0.15, 0.2) is 35.1 Å². The summed E-state index contributed by atoms with van der Waals surface area (Å²) in [7, 11) is 1.49. The maximum absolute atomic E-state index is 11.6. The first-order valence-corrected chi connectivity index (χ1v) is 5.41. The number of ether oxygens (including phenoxy) is 1. The zero-order valence-corrected chi connectivity index (χ0v) is 10.1. The Kier molecular flexibility index (Phi) is 3.56. The van der Waals surface area contributed by atoms with Crippen molar-refractivity contribution in [3.05, 3.63) is 52.1 Å². The second-order valence-corrected chi connectivity index (χ2v) is 3.69. The van der Waals surface area contributed by atoms with E-state index < -0.39 is 11.5 Å². The molecule has 19 heavy (non-hydrogen) atoms. The molecule has 0 aliphatic carbocycles. The normalized spacial score (nSPS) is 10.2. The molecule has 2 heterocycles. The number of carboxylic acids is 1. The molecule has 0 aliphatic heterocycles. The molecule has 0 spiro atoms. The van der Waals surface area contributed by atoms with Gasteiger partial charge in [-0.15, -0.1) is 0 Å². The molecule has 1 N–H and O–H groups in total. The number of aromatic carboxylic acids is 1. The van der Waals surface area contributed by atoms with Gasteiger partial charge in [0.15, 0.2) is 5.69 Å². The Morgan fingerprint density at radius 2 is 2.16 bits per heavy atom. The van der Waals surface area contributed by atoms with E-state index in [2.05, 4.69) is 10.1 Å². The summed E-state index contributed by atoms with van der Waals surface area (Å²) in [5.74, 6) is -0.771. The molecule has 0 atom stereocenters. The minimum atomic E-state index is -1.19. The molecule has 0 aliphatic rings. The lowest BCUT2D eigenvalue weighted by molar-refractivity contribution is 0.0687. The molecule has 0 unspecified atom stereocenters. The number of nitrogens with zero attached hydrogens (tertiary/aromatic N) is 3. The zero-order valence-electron chi connectivity index (χ0n) is 10.1. The lowest BCUT2D eigenvalue weighted by Crippen LogP contribution is -2.25. The highest BCUT2D eigenvalue weighted by Crippen LogP contribution is 2.07. The molecule has 2 aromatic heterocycles. The lowest BCUT2D eigenvalue weighted by atomic mass is 10.3. The van der Waals surface area contributed by atoms with Crippen LogP contribution in [0.4, 0.5) is 0 Å². The second-order valence-electron chi connectivity index (χ2n) is 3.69. The predicted molar refractivity (Wildman–Crippen MR) is 65.3 cm³/mol. The number of carbonyl (C=O) groups is 1. The Morgan fingerprint density at radius 1 is 1.37 bits per heavy atom. The van der Waals surface area contributed by atoms with Crippen molar-refractivity contribution in [3.63, 3.8) is 0 Å². The predicted octanol–water partition coefficient (Wildman–Crippen LogP) is 0.393.